The van der Waals surface area contributed by atoms with Gasteiger partial charge in [0.15, 0.2) is 5.78 Å². The molecule has 3 fully saturated rings. The summed E-state index contributed by atoms with van der Waals surface area (Å²) < 4.78 is 4.69. The normalized spacial score (nSPS) is 19.6. The highest BCUT2D eigenvalue weighted by Crippen LogP contribution is 2.33. The molecule has 1 aromatic rings. The summed E-state index contributed by atoms with van der Waals surface area (Å²) in [4.78, 5) is 93.8. The third-order valence-electron chi connectivity index (χ3n) is 11.6. The molecule has 4 atom stereocenters. The molecule has 14 nitrogen and oxygen atoms in total. The van der Waals surface area contributed by atoms with Gasteiger partial charge in [0.25, 0.3) is 5.91 Å². The average molecular weight is 807 g/mol. The van der Waals surface area contributed by atoms with Gasteiger partial charge in [0.1, 0.15) is 12.1 Å². The summed E-state index contributed by atoms with van der Waals surface area (Å²) in [6, 6.07) is 4.16. The van der Waals surface area contributed by atoms with Crippen LogP contribution in [0, 0.1) is 23.2 Å². The van der Waals surface area contributed by atoms with E-state index in [1.807, 2.05) is 46.8 Å². The molecule has 0 bridgehead atoms. The second-order valence-electron chi connectivity index (χ2n) is 17.6. The Morgan fingerprint density at radius 1 is 0.879 bits per heavy atom. The minimum absolute atomic E-state index is 0.0144. The van der Waals surface area contributed by atoms with Crippen molar-refractivity contribution in [2.75, 3.05) is 26.7 Å². The Labute approximate surface area is 344 Å². The first kappa shape index (κ1) is 45.9. The lowest BCUT2D eigenvalue weighted by Crippen LogP contribution is -2.61. The van der Waals surface area contributed by atoms with Crippen molar-refractivity contribution in [3.63, 3.8) is 0 Å². The molecule has 0 aromatic heterocycles. The van der Waals surface area contributed by atoms with E-state index in [1.165, 1.54) is 29.2 Å². The van der Waals surface area contributed by atoms with Crippen LogP contribution in [0.5, 0.6) is 0 Å². The van der Waals surface area contributed by atoms with E-state index in [4.69, 9.17) is 4.74 Å². The molecule has 5 rings (SSSR count). The fraction of sp³-hybridized carbons (Fsp3) is 0.659. The van der Waals surface area contributed by atoms with Crippen LogP contribution >= 0.6 is 0 Å². The van der Waals surface area contributed by atoms with Crippen LogP contribution in [0.2, 0.25) is 0 Å². The van der Waals surface area contributed by atoms with Gasteiger partial charge in [-0.25, -0.2) is 9.59 Å². The summed E-state index contributed by atoms with van der Waals surface area (Å²) in [5.41, 5.74) is 1.87. The number of nitrogens with zero attached hydrogens (tertiary/aromatic N) is 2. The zero-order chi connectivity index (χ0) is 42.6. The maximum Gasteiger partial charge on any atom is 0.409 e. The minimum atomic E-state index is -0.993. The van der Waals surface area contributed by atoms with Crippen LogP contribution in [0.15, 0.2) is 36.9 Å². The number of benzene rings is 1. The van der Waals surface area contributed by atoms with Crippen LogP contribution in [0.25, 0.3) is 0 Å². The highest BCUT2D eigenvalue weighted by Gasteiger charge is 2.44. The molecule has 1 saturated heterocycles. The molecule has 2 saturated carbocycles. The van der Waals surface area contributed by atoms with E-state index in [2.05, 4.69) is 40.0 Å². The topological polar surface area (TPSA) is 183 Å². The van der Waals surface area contributed by atoms with Gasteiger partial charge in [0, 0.05) is 32.1 Å². The summed E-state index contributed by atoms with van der Waals surface area (Å²) in [7, 11) is 1.42. The van der Waals surface area contributed by atoms with Crippen molar-refractivity contribution in [3.05, 3.63) is 48.0 Å². The second-order valence-corrected chi connectivity index (χ2v) is 17.6. The van der Waals surface area contributed by atoms with Gasteiger partial charge >= 0.3 is 12.1 Å². The molecular weight excluding hydrogens is 741 g/mol. The Balaban J connectivity index is 0.000000442. The number of ether oxygens (including phenoxy) is 1. The lowest BCUT2D eigenvalue weighted by atomic mass is 9.83. The highest BCUT2D eigenvalue weighted by atomic mass is 16.5. The van der Waals surface area contributed by atoms with Gasteiger partial charge in [-0.05, 0) is 66.9 Å². The summed E-state index contributed by atoms with van der Waals surface area (Å²) in [5, 5.41) is 10.9. The SMILES string of the molecule is C=CCNC(=O)C(=O)C(CC1CCCCC1)NC(=O)C1CCCN1C(=O)C(NC(=O)NC(C(=O)C1CC1)C(C)C)C(C)(C)C.COC(=O)N1CCc2ccccc2C1. The molecule has 2 heterocycles. The Hall–Kier alpha value is -4.75. The van der Waals surface area contributed by atoms with Gasteiger partial charge in [-0.2, -0.15) is 0 Å². The quantitative estimate of drug-likeness (QED) is 0.152. The second kappa shape index (κ2) is 21.3. The number of urea groups is 1. The third-order valence-corrected chi connectivity index (χ3v) is 11.6. The summed E-state index contributed by atoms with van der Waals surface area (Å²) >= 11 is 0. The molecule has 14 heteroatoms. The number of carbonyl (C=O) groups excluding carboxylic acids is 7. The number of carbonyl (C=O) groups is 7. The number of nitrogens with one attached hydrogen (secondary N) is 4. The maximum atomic E-state index is 14.0. The molecule has 1 aromatic carbocycles. The monoisotopic (exact) mass is 806 g/mol. The van der Waals surface area contributed by atoms with Gasteiger partial charge in [-0.3, -0.25) is 24.0 Å². The summed E-state index contributed by atoms with van der Waals surface area (Å²) in [6.07, 6.45) is 10.3. The van der Waals surface area contributed by atoms with Crippen LogP contribution in [0.4, 0.5) is 9.59 Å². The first-order valence-electron chi connectivity index (χ1n) is 21.1. The van der Waals surface area contributed by atoms with E-state index in [-0.39, 0.29) is 36.2 Å². The average Bonchev–Trinajstić information content (AvgIpc) is 3.95. The number of Topliss-reactive ketones (excluding diaryl/α,β-unsaturated/α-hetero) is 2. The molecule has 58 heavy (non-hydrogen) atoms. The van der Waals surface area contributed by atoms with Crippen molar-refractivity contribution in [2.24, 2.45) is 23.2 Å². The fourth-order valence-corrected chi connectivity index (χ4v) is 8.07. The van der Waals surface area contributed by atoms with E-state index >= 15 is 0 Å². The summed E-state index contributed by atoms with van der Waals surface area (Å²) in [6.45, 7) is 14.7. The van der Waals surface area contributed by atoms with Gasteiger partial charge in [-0.15, -0.1) is 6.58 Å². The zero-order valence-electron chi connectivity index (χ0n) is 35.4. The Kier molecular flexibility index (Phi) is 16.9. The van der Waals surface area contributed by atoms with Gasteiger partial charge in [-0.1, -0.05) is 97.1 Å². The van der Waals surface area contributed by atoms with E-state index in [0.29, 0.717) is 32.4 Å². The number of fused-ring (bicyclic) bond motifs is 1. The lowest BCUT2D eigenvalue weighted by molar-refractivity contribution is -0.144. The Morgan fingerprint density at radius 2 is 1.55 bits per heavy atom. The van der Waals surface area contributed by atoms with Crippen molar-refractivity contribution in [3.8, 4) is 0 Å². The van der Waals surface area contributed by atoms with Crippen molar-refractivity contribution >= 4 is 41.4 Å². The van der Waals surface area contributed by atoms with E-state index in [1.54, 1.807) is 4.90 Å². The van der Waals surface area contributed by atoms with E-state index in [0.717, 1.165) is 57.9 Å². The molecule has 4 unspecified atom stereocenters. The molecular formula is C44H66N6O8. The van der Waals surface area contributed by atoms with Crippen molar-refractivity contribution in [2.45, 2.75) is 136 Å². The molecule has 4 aliphatic rings. The molecule has 6 amide bonds. The first-order chi connectivity index (χ1) is 27.5. The number of ketones is 2. The number of hydrogen-bond donors (Lipinski definition) is 4. The lowest BCUT2D eigenvalue weighted by Gasteiger charge is -2.36. The largest absolute Gasteiger partial charge is 0.453 e. The maximum absolute atomic E-state index is 14.0. The molecule has 2 aliphatic carbocycles. The summed E-state index contributed by atoms with van der Waals surface area (Å²) in [5.74, 6) is -2.24. The van der Waals surface area contributed by atoms with Gasteiger partial charge in [0.05, 0.1) is 19.2 Å². The predicted molar refractivity (Wildman–Crippen MR) is 220 cm³/mol. The van der Waals surface area contributed by atoms with Gasteiger partial charge < -0.3 is 35.8 Å². The van der Waals surface area contributed by atoms with E-state index < -0.39 is 59.1 Å². The highest BCUT2D eigenvalue weighted by molar-refractivity contribution is 6.38. The van der Waals surface area contributed by atoms with Crippen LogP contribution in [0.3, 0.4) is 0 Å². The van der Waals surface area contributed by atoms with Crippen LogP contribution in [0.1, 0.15) is 110 Å². The van der Waals surface area contributed by atoms with Crippen LogP contribution in [-0.4, -0.2) is 102 Å². The van der Waals surface area contributed by atoms with Crippen LogP contribution in [-0.2, 0) is 41.7 Å². The molecule has 0 spiro atoms. The number of amides is 6. The van der Waals surface area contributed by atoms with E-state index in [9.17, 15) is 33.6 Å². The molecule has 320 valence electrons. The number of hydrogen-bond acceptors (Lipinski definition) is 8. The number of methoxy groups -OCH3 is 1. The molecule has 4 N–H and O–H groups in total. The Bertz CT molecular complexity index is 1650. The molecule has 0 radical (unpaired) electrons. The fourth-order valence-electron chi connectivity index (χ4n) is 8.07. The third kappa shape index (κ3) is 12.9. The molecule has 2 aliphatic heterocycles. The first-order valence-corrected chi connectivity index (χ1v) is 21.1. The zero-order valence-corrected chi connectivity index (χ0v) is 35.4. The number of rotatable bonds is 14. The number of likely N-dealkylation sites (tertiary alicyclic amines) is 1. The van der Waals surface area contributed by atoms with Crippen LogP contribution < -0.4 is 21.3 Å². The predicted octanol–water partition coefficient (Wildman–Crippen LogP) is 4.83. The minimum Gasteiger partial charge on any atom is -0.453 e. The smallest absolute Gasteiger partial charge is 0.409 e. The Morgan fingerprint density at radius 3 is 2.16 bits per heavy atom. The van der Waals surface area contributed by atoms with Crippen molar-refractivity contribution < 1.29 is 38.3 Å². The van der Waals surface area contributed by atoms with Crippen molar-refractivity contribution in [1.82, 2.24) is 31.1 Å². The van der Waals surface area contributed by atoms with Crippen molar-refractivity contribution in [1.29, 1.82) is 0 Å². The standard InChI is InChI=1S/C33H53N5O6.C11H13NO2/c1-7-17-34-30(42)27(40)23(19-21-12-9-8-10-13-21)35-29(41)24-14-11-18-38(24)31(43)28(33(4,5)6)37-32(44)36-25(20(2)3)26(39)22-15-16-22;1-14-11(13)12-7-6-9-4-2-3-5-10(9)8-12/h7,20-25,28H,1,8-19H2,2-6H3,(H,34,42)(H,35,41)(H2,36,37,44);2-5H,6-8H2,1H3. The van der Waals surface area contributed by atoms with Gasteiger partial charge in [0.2, 0.25) is 17.6 Å².